The van der Waals surface area contributed by atoms with Gasteiger partial charge < -0.3 is 5.11 Å². The molecule has 22 heavy (non-hydrogen) atoms. The summed E-state index contributed by atoms with van der Waals surface area (Å²) in [6, 6.07) is 6.58. The highest BCUT2D eigenvalue weighted by molar-refractivity contribution is 7.93. The number of carbonyl (C=O) groups is 1. The van der Waals surface area contributed by atoms with Crippen LogP contribution in [0.2, 0.25) is 0 Å². The highest BCUT2D eigenvalue weighted by Gasteiger charge is 2.26. The third kappa shape index (κ3) is 3.45. The number of carboxylic acids is 1. The number of anilines is 1. The number of thiazole rings is 1. The molecule has 0 unspecified atom stereocenters. The smallest absolute Gasteiger partial charge is 0.309 e. The Balaban J connectivity index is 2.36. The molecular formula is C14H16N2O4S2. The number of nitrogens with zero attached hydrogens (tertiary/aromatic N) is 2. The molecule has 1 aromatic carbocycles. The first-order valence-electron chi connectivity index (χ1n) is 6.60. The molecule has 0 aliphatic rings. The normalized spacial score (nSPS) is 11.4. The standard InChI is InChI=1S/C14H16N2O4S2/c1-3-16(14-15-11(9-21-14)8-13(17)18)22(19,20)12-6-4-10(2)5-7-12/h4-7,9H,3,8H2,1-2H3,(H,17,18). The molecule has 1 heterocycles. The third-order valence-electron chi connectivity index (χ3n) is 2.98. The number of hydrogen-bond acceptors (Lipinski definition) is 5. The first-order chi connectivity index (χ1) is 10.3. The summed E-state index contributed by atoms with van der Waals surface area (Å²) in [5, 5.41) is 10.6. The van der Waals surface area contributed by atoms with Crippen molar-refractivity contribution >= 4 is 32.5 Å². The summed E-state index contributed by atoms with van der Waals surface area (Å²) in [7, 11) is -3.70. The Kier molecular flexibility index (Phi) is 4.82. The molecule has 0 spiro atoms. The van der Waals surface area contributed by atoms with Crippen molar-refractivity contribution in [2.45, 2.75) is 25.2 Å². The average molecular weight is 340 g/mol. The largest absolute Gasteiger partial charge is 0.481 e. The lowest BCUT2D eigenvalue weighted by molar-refractivity contribution is -0.136. The van der Waals surface area contributed by atoms with Crippen LogP contribution in [0.4, 0.5) is 5.13 Å². The molecule has 0 radical (unpaired) electrons. The average Bonchev–Trinajstić information content (AvgIpc) is 2.87. The summed E-state index contributed by atoms with van der Waals surface area (Å²) >= 11 is 1.12. The van der Waals surface area contributed by atoms with Gasteiger partial charge in [0, 0.05) is 11.9 Å². The molecule has 0 saturated heterocycles. The second-order valence-corrected chi connectivity index (χ2v) is 7.37. The van der Waals surface area contributed by atoms with Crippen LogP contribution in [-0.4, -0.2) is 31.0 Å². The highest BCUT2D eigenvalue weighted by Crippen LogP contribution is 2.27. The minimum Gasteiger partial charge on any atom is -0.481 e. The molecule has 0 bridgehead atoms. The van der Waals surface area contributed by atoms with Crippen LogP contribution in [0.5, 0.6) is 0 Å². The van der Waals surface area contributed by atoms with E-state index in [1.807, 2.05) is 6.92 Å². The topological polar surface area (TPSA) is 87.6 Å². The maximum Gasteiger partial charge on any atom is 0.309 e. The highest BCUT2D eigenvalue weighted by atomic mass is 32.2. The van der Waals surface area contributed by atoms with Crippen LogP contribution in [0, 0.1) is 6.92 Å². The number of carboxylic acid groups (broad SMARTS) is 1. The van der Waals surface area contributed by atoms with Gasteiger partial charge in [0.15, 0.2) is 5.13 Å². The second-order valence-electron chi connectivity index (χ2n) is 4.67. The zero-order chi connectivity index (χ0) is 16.3. The Hall–Kier alpha value is -1.93. The van der Waals surface area contributed by atoms with Crippen LogP contribution in [0.25, 0.3) is 0 Å². The summed E-state index contributed by atoms with van der Waals surface area (Å²) in [5.41, 5.74) is 1.32. The third-order valence-corrected chi connectivity index (χ3v) is 5.89. The SMILES string of the molecule is CCN(c1nc(CC(=O)O)cs1)S(=O)(=O)c1ccc(C)cc1. The molecular weight excluding hydrogens is 324 g/mol. The van der Waals surface area contributed by atoms with Crippen LogP contribution in [0.15, 0.2) is 34.5 Å². The van der Waals surface area contributed by atoms with Crippen molar-refractivity contribution in [3.63, 3.8) is 0 Å². The van der Waals surface area contributed by atoms with Crippen molar-refractivity contribution < 1.29 is 18.3 Å². The van der Waals surface area contributed by atoms with Gasteiger partial charge in [-0.05, 0) is 26.0 Å². The maximum atomic E-state index is 12.7. The molecule has 0 aliphatic heterocycles. The number of hydrogen-bond donors (Lipinski definition) is 1. The number of aromatic nitrogens is 1. The summed E-state index contributed by atoms with van der Waals surface area (Å²) in [6.45, 7) is 3.81. The number of sulfonamides is 1. The van der Waals surface area contributed by atoms with Crippen molar-refractivity contribution in [1.82, 2.24) is 4.98 Å². The van der Waals surface area contributed by atoms with E-state index < -0.39 is 16.0 Å². The van der Waals surface area contributed by atoms with Crippen molar-refractivity contribution in [3.05, 3.63) is 40.9 Å². The van der Waals surface area contributed by atoms with E-state index in [0.717, 1.165) is 16.9 Å². The van der Waals surface area contributed by atoms with Gasteiger partial charge in [-0.3, -0.25) is 4.79 Å². The molecule has 8 heteroatoms. The Labute approximate surface area is 133 Å². The minimum absolute atomic E-state index is 0.190. The molecule has 1 N–H and O–H groups in total. The summed E-state index contributed by atoms with van der Waals surface area (Å²) in [4.78, 5) is 15.0. The quantitative estimate of drug-likeness (QED) is 0.872. The molecule has 0 atom stereocenters. The van der Waals surface area contributed by atoms with Crippen LogP contribution in [0.1, 0.15) is 18.2 Å². The van der Waals surface area contributed by atoms with Gasteiger partial charge in [-0.1, -0.05) is 17.7 Å². The predicted molar refractivity (Wildman–Crippen MR) is 84.8 cm³/mol. The van der Waals surface area contributed by atoms with E-state index in [1.54, 1.807) is 36.6 Å². The van der Waals surface area contributed by atoms with E-state index >= 15 is 0 Å². The number of rotatable bonds is 6. The number of benzene rings is 1. The zero-order valence-electron chi connectivity index (χ0n) is 12.2. The molecule has 6 nitrogen and oxygen atoms in total. The molecule has 0 aliphatic carbocycles. The first-order valence-corrected chi connectivity index (χ1v) is 8.92. The fraction of sp³-hybridized carbons (Fsp3) is 0.286. The van der Waals surface area contributed by atoms with Gasteiger partial charge in [0.2, 0.25) is 0 Å². The van der Waals surface area contributed by atoms with E-state index in [4.69, 9.17) is 5.11 Å². The Morgan fingerprint density at radius 2 is 1.95 bits per heavy atom. The molecule has 0 fully saturated rings. The fourth-order valence-corrected chi connectivity index (χ4v) is 4.43. The lowest BCUT2D eigenvalue weighted by Gasteiger charge is -2.19. The van der Waals surface area contributed by atoms with E-state index in [2.05, 4.69) is 4.98 Å². The van der Waals surface area contributed by atoms with E-state index in [-0.39, 0.29) is 23.0 Å². The van der Waals surface area contributed by atoms with Gasteiger partial charge >= 0.3 is 5.97 Å². The Morgan fingerprint density at radius 3 is 2.50 bits per heavy atom. The Morgan fingerprint density at radius 1 is 1.32 bits per heavy atom. The molecule has 1 aromatic heterocycles. The van der Waals surface area contributed by atoms with Gasteiger partial charge in [-0.15, -0.1) is 11.3 Å². The molecule has 0 saturated carbocycles. The van der Waals surface area contributed by atoms with Gasteiger partial charge in [0.05, 0.1) is 17.0 Å². The number of aryl methyl sites for hydroxylation is 1. The molecule has 2 rings (SSSR count). The predicted octanol–water partition coefficient (Wildman–Crippen LogP) is 2.29. The molecule has 2 aromatic rings. The maximum absolute atomic E-state index is 12.7. The second kappa shape index (κ2) is 6.45. The summed E-state index contributed by atoms with van der Waals surface area (Å²) in [5.74, 6) is -0.999. The fourth-order valence-electron chi connectivity index (χ4n) is 1.89. The van der Waals surface area contributed by atoms with E-state index in [9.17, 15) is 13.2 Å². The lowest BCUT2D eigenvalue weighted by atomic mass is 10.2. The Bertz CT molecular complexity index is 766. The lowest BCUT2D eigenvalue weighted by Crippen LogP contribution is -2.30. The van der Waals surface area contributed by atoms with Gasteiger partial charge in [-0.25, -0.2) is 17.7 Å². The van der Waals surface area contributed by atoms with Crippen LogP contribution in [-0.2, 0) is 21.2 Å². The molecule has 0 amide bonds. The first kappa shape index (κ1) is 16.4. The van der Waals surface area contributed by atoms with Crippen LogP contribution >= 0.6 is 11.3 Å². The minimum atomic E-state index is -3.70. The monoisotopic (exact) mass is 340 g/mol. The van der Waals surface area contributed by atoms with Gasteiger partial charge in [-0.2, -0.15) is 0 Å². The van der Waals surface area contributed by atoms with Crippen molar-refractivity contribution in [2.24, 2.45) is 0 Å². The van der Waals surface area contributed by atoms with Gasteiger partial charge in [0.1, 0.15) is 0 Å². The summed E-state index contributed by atoms with van der Waals surface area (Å²) in [6.07, 6.45) is -0.224. The van der Waals surface area contributed by atoms with Crippen molar-refractivity contribution in [2.75, 3.05) is 10.8 Å². The van der Waals surface area contributed by atoms with Crippen LogP contribution in [0.3, 0.4) is 0 Å². The van der Waals surface area contributed by atoms with E-state index in [0.29, 0.717) is 5.69 Å². The van der Waals surface area contributed by atoms with E-state index in [1.165, 1.54) is 4.31 Å². The van der Waals surface area contributed by atoms with Crippen molar-refractivity contribution in [1.29, 1.82) is 0 Å². The van der Waals surface area contributed by atoms with Gasteiger partial charge in [0.25, 0.3) is 10.0 Å². The van der Waals surface area contributed by atoms with Crippen LogP contribution < -0.4 is 4.31 Å². The number of aliphatic carboxylic acids is 1. The summed E-state index contributed by atoms with van der Waals surface area (Å²) < 4.78 is 26.6. The van der Waals surface area contributed by atoms with Crippen molar-refractivity contribution in [3.8, 4) is 0 Å². The molecule has 118 valence electrons. The zero-order valence-corrected chi connectivity index (χ0v) is 13.8.